The van der Waals surface area contributed by atoms with Gasteiger partial charge < -0.3 is 14.6 Å². The van der Waals surface area contributed by atoms with Crippen LogP contribution in [-0.2, 0) is 14.8 Å². The number of carboxylic acids is 1. The minimum Gasteiger partial charge on any atom is -0.492 e. The third-order valence-corrected chi connectivity index (χ3v) is 7.49. The van der Waals surface area contributed by atoms with Crippen molar-refractivity contribution in [1.82, 2.24) is 0 Å². The van der Waals surface area contributed by atoms with Gasteiger partial charge in [-0.2, -0.15) is 5.26 Å². The lowest BCUT2D eigenvalue weighted by Crippen LogP contribution is -2.35. The van der Waals surface area contributed by atoms with E-state index in [0.29, 0.717) is 36.6 Å². The number of aryl methyl sites for hydroxylation is 1. The molecule has 0 saturated carbocycles. The molecule has 0 aliphatic carbocycles. The largest absolute Gasteiger partial charge is 0.492 e. The van der Waals surface area contributed by atoms with E-state index >= 15 is 0 Å². The third kappa shape index (κ3) is 5.88. The second-order valence-electron chi connectivity index (χ2n) is 8.87. The molecule has 0 unspecified atom stereocenters. The number of sulfonamides is 1. The summed E-state index contributed by atoms with van der Waals surface area (Å²) in [6.07, 6.45) is 1.67. The van der Waals surface area contributed by atoms with Crippen molar-refractivity contribution in [1.29, 1.82) is 5.26 Å². The fraction of sp³-hybridized carbons (Fsp3) is 0.440. The maximum Gasteiger partial charge on any atom is 0.339 e. The van der Waals surface area contributed by atoms with Crippen molar-refractivity contribution in [3.63, 3.8) is 0 Å². The summed E-state index contributed by atoms with van der Waals surface area (Å²) in [5.74, 6) is -0.850. The second kappa shape index (κ2) is 10.9. The standard InChI is InChI=1S/C25H30N2O6S/c1-17(2)15-27(23-6-4-20(14-26)12-18(23)3)34(30,31)21-5-7-24(22(13-21)25(28)29)33-16-19-8-10-32-11-9-19/h4-7,12-13,17,19H,8-11,15-16H2,1-3H3,(H,28,29). The van der Waals surface area contributed by atoms with E-state index in [0.717, 1.165) is 18.9 Å². The maximum atomic E-state index is 13.7. The predicted molar refractivity (Wildman–Crippen MR) is 128 cm³/mol. The zero-order chi connectivity index (χ0) is 24.9. The molecule has 1 N–H and O–H groups in total. The molecule has 0 spiro atoms. The van der Waals surface area contributed by atoms with E-state index in [-0.39, 0.29) is 34.6 Å². The zero-order valence-electron chi connectivity index (χ0n) is 19.7. The number of benzene rings is 2. The number of aromatic carboxylic acids is 1. The molecule has 1 aliphatic heterocycles. The molecule has 1 aliphatic rings. The Kier molecular flexibility index (Phi) is 8.18. The summed E-state index contributed by atoms with van der Waals surface area (Å²) < 4.78 is 39.8. The molecule has 0 amide bonds. The normalized spacial score (nSPS) is 14.6. The average molecular weight is 487 g/mol. The number of carboxylic acid groups (broad SMARTS) is 1. The SMILES string of the molecule is Cc1cc(C#N)ccc1N(CC(C)C)S(=O)(=O)c1ccc(OCC2CCOCC2)c(C(=O)O)c1. The highest BCUT2D eigenvalue weighted by molar-refractivity contribution is 7.92. The minimum absolute atomic E-state index is 0.00541. The molecule has 9 heteroatoms. The molecular formula is C25H30N2O6S. The summed E-state index contributed by atoms with van der Waals surface area (Å²) in [4.78, 5) is 11.8. The molecule has 1 heterocycles. The highest BCUT2D eigenvalue weighted by Crippen LogP contribution is 2.31. The summed E-state index contributed by atoms with van der Waals surface area (Å²) in [5, 5.41) is 18.9. The van der Waals surface area contributed by atoms with Gasteiger partial charge in [0.05, 0.1) is 28.8 Å². The molecule has 0 bridgehead atoms. The van der Waals surface area contributed by atoms with Crippen LogP contribution >= 0.6 is 0 Å². The summed E-state index contributed by atoms with van der Waals surface area (Å²) in [6.45, 7) is 7.39. The van der Waals surface area contributed by atoms with E-state index in [1.807, 2.05) is 13.8 Å². The minimum atomic E-state index is -4.08. The van der Waals surface area contributed by atoms with Crippen molar-refractivity contribution in [2.45, 2.75) is 38.5 Å². The molecule has 2 aromatic rings. The Hall–Kier alpha value is -3.09. The van der Waals surface area contributed by atoms with Crippen LogP contribution < -0.4 is 9.04 Å². The Labute approximate surface area is 200 Å². The molecule has 2 aromatic carbocycles. The Balaban J connectivity index is 1.96. The van der Waals surface area contributed by atoms with Gasteiger partial charge in [0.2, 0.25) is 0 Å². The topological polar surface area (TPSA) is 117 Å². The molecule has 182 valence electrons. The van der Waals surface area contributed by atoms with Crippen molar-refractivity contribution in [2.75, 3.05) is 30.7 Å². The zero-order valence-corrected chi connectivity index (χ0v) is 20.5. The van der Waals surface area contributed by atoms with E-state index in [4.69, 9.17) is 14.7 Å². The van der Waals surface area contributed by atoms with Crippen LogP contribution in [0.25, 0.3) is 0 Å². The average Bonchev–Trinajstić information content (AvgIpc) is 2.81. The first-order valence-electron chi connectivity index (χ1n) is 11.2. The lowest BCUT2D eigenvalue weighted by Gasteiger charge is -2.28. The fourth-order valence-corrected chi connectivity index (χ4v) is 5.59. The number of hydrogen-bond donors (Lipinski definition) is 1. The molecule has 1 saturated heterocycles. The van der Waals surface area contributed by atoms with Crippen LogP contribution in [-0.4, -0.2) is 45.9 Å². The number of hydrogen-bond acceptors (Lipinski definition) is 6. The van der Waals surface area contributed by atoms with Gasteiger partial charge in [-0.05, 0) is 73.6 Å². The van der Waals surface area contributed by atoms with Crippen LogP contribution in [0.2, 0.25) is 0 Å². The van der Waals surface area contributed by atoms with Gasteiger partial charge in [-0.3, -0.25) is 4.31 Å². The third-order valence-electron chi connectivity index (χ3n) is 5.71. The number of carbonyl (C=O) groups is 1. The lowest BCUT2D eigenvalue weighted by atomic mass is 10.0. The molecule has 3 rings (SSSR count). The summed E-state index contributed by atoms with van der Waals surface area (Å²) in [6, 6.07) is 10.8. The quantitative estimate of drug-likeness (QED) is 0.564. The predicted octanol–water partition coefficient (Wildman–Crippen LogP) is 4.22. The van der Waals surface area contributed by atoms with Crippen molar-refractivity contribution in [3.05, 3.63) is 53.1 Å². The molecule has 34 heavy (non-hydrogen) atoms. The Morgan fingerprint density at radius 1 is 1.24 bits per heavy atom. The van der Waals surface area contributed by atoms with Crippen molar-refractivity contribution >= 4 is 21.7 Å². The van der Waals surface area contributed by atoms with E-state index in [2.05, 4.69) is 6.07 Å². The van der Waals surface area contributed by atoms with Gasteiger partial charge >= 0.3 is 5.97 Å². The summed E-state index contributed by atoms with van der Waals surface area (Å²) >= 11 is 0. The summed E-state index contributed by atoms with van der Waals surface area (Å²) in [7, 11) is -4.08. The van der Waals surface area contributed by atoms with Gasteiger partial charge in [0.15, 0.2) is 0 Å². The van der Waals surface area contributed by atoms with Crippen molar-refractivity contribution < 1.29 is 27.8 Å². The highest BCUT2D eigenvalue weighted by atomic mass is 32.2. The highest BCUT2D eigenvalue weighted by Gasteiger charge is 2.29. The van der Waals surface area contributed by atoms with Crippen molar-refractivity contribution in [2.24, 2.45) is 11.8 Å². The fourth-order valence-electron chi connectivity index (χ4n) is 3.87. The van der Waals surface area contributed by atoms with Gasteiger partial charge in [-0.15, -0.1) is 0 Å². The van der Waals surface area contributed by atoms with Crippen LogP contribution in [0.15, 0.2) is 41.3 Å². The monoisotopic (exact) mass is 486 g/mol. The van der Waals surface area contributed by atoms with E-state index in [9.17, 15) is 18.3 Å². The number of anilines is 1. The first-order valence-corrected chi connectivity index (χ1v) is 12.7. The summed E-state index contributed by atoms with van der Waals surface area (Å²) in [5.41, 5.74) is 1.32. The van der Waals surface area contributed by atoms with Crippen LogP contribution in [0.5, 0.6) is 5.75 Å². The van der Waals surface area contributed by atoms with Gasteiger partial charge in [0.1, 0.15) is 11.3 Å². The number of nitrogens with zero attached hydrogens (tertiary/aromatic N) is 2. The van der Waals surface area contributed by atoms with E-state index in [1.54, 1.807) is 25.1 Å². The lowest BCUT2D eigenvalue weighted by molar-refractivity contribution is 0.0490. The number of ether oxygens (including phenoxy) is 2. The Morgan fingerprint density at radius 2 is 1.94 bits per heavy atom. The molecular weight excluding hydrogens is 456 g/mol. The van der Waals surface area contributed by atoms with Crippen LogP contribution in [0.4, 0.5) is 5.69 Å². The molecule has 1 fully saturated rings. The van der Waals surface area contributed by atoms with E-state index < -0.39 is 16.0 Å². The smallest absolute Gasteiger partial charge is 0.339 e. The van der Waals surface area contributed by atoms with E-state index in [1.165, 1.54) is 16.4 Å². The van der Waals surface area contributed by atoms with Crippen LogP contribution in [0.1, 0.15) is 48.2 Å². The molecule has 0 aromatic heterocycles. The second-order valence-corrected chi connectivity index (χ2v) is 10.7. The molecule has 0 radical (unpaired) electrons. The van der Waals surface area contributed by atoms with Gasteiger partial charge in [0, 0.05) is 19.8 Å². The Bertz CT molecular complexity index is 1180. The van der Waals surface area contributed by atoms with Gasteiger partial charge in [-0.1, -0.05) is 13.8 Å². The first-order chi connectivity index (χ1) is 16.1. The first kappa shape index (κ1) is 25.5. The van der Waals surface area contributed by atoms with Crippen LogP contribution in [0.3, 0.4) is 0 Å². The van der Waals surface area contributed by atoms with Crippen molar-refractivity contribution in [3.8, 4) is 11.8 Å². The number of nitriles is 1. The molecule has 8 nitrogen and oxygen atoms in total. The Morgan fingerprint density at radius 3 is 2.53 bits per heavy atom. The number of rotatable bonds is 9. The van der Waals surface area contributed by atoms with Crippen LogP contribution in [0, 0.1) is 30.1 Å². The van der Waals surface area contributed by atoms with Gasteiger partial charge in [-0.25, -0.2) is 13.2 Å². The van der Waals surface area contributed by atoms with Gasteiger partial charge in [0.25, 0.3) is 10.0 Å². The molecule has 0 atom stereocenters. The maximum absolute atomic E-state index is 13.7.